The number of amides is 3. The maximum Gasteiger partial charge on any atom is 0.328 e. The Hall–Kier alpha value is -1.14. The van der Waals surface area contributed by atoms with E-state index in [9.17, 15) is 9.59 Å². The fourth-order valence-electron chi connectivity index (χ4n) is 2.81. The minimum atomic E-state index is -0.598. The van der Waals surface area contributed by atoms with Gasteiger partial charge in [-0.05, 0) is 12.8 Å². The van der Waals surface area contributed by atoms with Crippen LogP contribution in [0.4, 0.5) is 4.79 Å². The predicted molar refractivity (Wildman–Crippen MR) is 56.8 cm³/mol. The van der Waals surface area contributed by atoms with Gasteiger partial charge in [0.1, 0.15) is 0 Å². The molecule has 1 saturated carbocycles. The van der Waals surface area contributed by atoms with Crippen LogP contribution in [-0.4, -0.2) is 41.5 Å². The molecule has 3 fully saturated rings. The zero-order valence-corrected chi connectivity index (χ0v) is 9.72. The molecular weight excluding hydrogens is 224 g/mol. The van der Waals surface area contributed by atoms with Gasteiger partial charge in [0.05, 0.1) is 12.2 Å². The van der Waals surface area contributed by atoms with Gasteiger partial charge in [0.15, 0.2) is 12.5 Å². The standard InChI is InChI=1S/C11H16N2O4/c1-6(14)13-10-9(12-11(13)15)16-7-4-2-3-5-8(7)17-10/h7-10H,2-5H2,1H3,(H,12,15)/t7-,8+,9+,10-/m1/s1. The van der Waals surface area contributed by atoms with Crippen molar-refractivity contribution in [1.82, 2.24) is 10.2 Å². The van der Waals surface area contributed by atoms with E-state index in [0.717, 1.165) is 30.6 Å². The summed E-state index contributed by atoms with van der Waals surface area (Å²) in [6.07, 6.45) is 3.11. The van der Waals surface area contributed by atoms with Gasteiger partial charge in [-0.1, -0.05) is 12.8 Å². The topological polar surface area (TPSA) is 67.9 Å². The highest BCUT2D eigenvalue weighted by molar-refractivity contribution is 5.95. The van der Waals surface area contributed by atoms with Crippen molar-refractivity contribution in [3.8, 4) is 0 Å². The number of nitrogens with one attached hydrogen (secondary N) is 1. The Bertz CT molecular complexity index is 359. The lowest BCUT2D eigenvalue weighted by Crippen LogP contribution is -2.54. The number of nitrogens with zero attached hydrogens (tertiary/aromatic N) is 1. The van der Waals surface area contributed by atoms with E-state index in [1.165, 1.54) is 6.92 Å². The molecule has 0 unspecified atom stereocenters. The zero-order chi connectivity index (χ0) is 12.0. The molecule has 3 rings (SSSR count). The fourth-order valence-corrected chi connectivity index (χ4v) is 2.81. The van der Waals surface area contributed by atoms with Crippen LogP contribution in [0.25, 0.3) is 0 Å². The number of ether oxygens (including phenoxy) is 2. The lowest BCUT2D eigenvalue weighted by atomic mass is 9.93. The van der Waals surface area contributed by atoms with Crippen LogP contribution in [0.2, 0.25) is 0 Å². The van der Waals surface area contributed by atoms with Crippen LogP contribution >= 0.6 is 0 Å². The highest BCUT2D eigenvalue weighted by Crippen LogP contribution is 2.33. The van der Waals surface area contributed by atoms with Crippen LogP contribution in [0.3, 0.4) is 0 Å². The van der Waals surface area contributed by atoms with E-state index in [-0.39, 0.29) is 18.1 Å². The average Bonchev–Trinajstić information content (AvgIpc) is 2.60. The first-order valence-electron chi connectivity index (χ1n) is 6.08. The number of hydrogen-bond acceptors (Lipinski definition) is 4. The van der Waals surface area contributed by atoms with E-state index in [2.05, 4.69) is 5.32 Å². The van der Waals surface area contributed by atoms with Gasteiger partial charge in [-0.2, -0.15) is 0 Å². The normalized spacial score (nSPS) is 40.5. The van der Waals surface area contributed by atoms with Crippen molar-refractivity contribution in [2.24, 2.45) is 0 Å². The van der Waals surface area contributed by atoms with E-state index >= 15 is 0 Å². The molecule has 17 heavy (non-hydrogen) atoms. The lowest BCUT2D eigenvalue weighted by Gasteiger charge is -2.41. The summed E-state index contributed by atoms with van der Waals surface area (Å²) in [5.74, 6) is -0.312. The van der Waals surface area contributed by atoms with Gasteiger partial charge in [0.25, 0.3) is 0 Å². The van der Waals surface area contributed by atoms with Gasteiger partial charge in [0, 0.05) is 6.92 Å². The summed E-state index contributed by atoms with van der Waals surface area (Å²) in [5, 5.41) is 2.64. The molecule has 3 aliphatic rings. The van der Waals surface area contributed by atoms with Gasteiger partial charge in [-0.25, -0.2) is 9.69 Å². The summed E-state index contributed by atoms with van der Waals surface area (Å²) in [4.78, 5) is 24.1. The number of rotatable bonds is 0. The summed E-state index contributed by atoms with van der Waals surface area (Å²) in [7, 11) is 0. The Labute approximate surface area is 99.2 Å². The first kappa shape index (κ1) is 11.0. The quantitative estimate of drug-likeness (QED) is 0.672. The number of urea groups is 1. The monoisotopic (exact) mass is 240 g/mol. The Morgan fingerprint density at radius 3 is 2.59 bits per heavy atom. The summed E-state index contributed by atoms with van der Waals surface area (Å²) in [6, 6.07) is -0.425. The second-order valence-corrected chi connectivity index (χ2v) is 4.78. The molecule has 0 aromatic heterocycles. The van der Waals surface area contributed by atoms with Crippen molar-refractivity contribution < 1.29 is 19.1 Å². The number of carbonyl (C=O) groups excluding carboxylic acids is 2. The van der Waals surface area contributed by atoms with Gasteiger partial charge < -0.3 is 14.8 Å². The van der Waals surface area contributed by atoms with E-state index < -0.39 is 18.5 Å². The van der Waals surface area contributed by atoms with E-state index in [1.54, 1.807) is 0 Å². The second kappa shape index (κ2) is 3.96. The third kappa shape index (κ3) is 1.71. The SMILES string of the molecule is CC(=O)N1C(=O)N[C@H]2O[C@@H]3CCCC[C@@H]3O[C@H]21. The van der Waals surface area contributed by atoms with Crippen LogP contribution < -0.4 is 5.32 Å². The molecule has 2 aliphatic heterocycles. The van der Waals surface area contributed by atoms with E-state index in [0.29, 0.717) is 0 Å². The molecule has 0 radical (unpaired) electrons. The molecule has 94 valence electrons. The van der Waals surface area contributed by atoms with Crippen molar-refractivity contribution >= 4 is 11.9 Å². The van der Waals surface area contributed by atoms with Crippen LogP contribution in [0.1, 0.15) is 32.6 Å². The first-order chi connectivity index (χ1) is 8.16. The highest BCUT2D eigenvalue weighted by atomic mass is 16.6. The Morgan fingerprint density at radius 1 is 1.29 bits per heavy atom. The molecule has 0 spiro atoms. The smallest absolute Gasteiger partial charge is 0.328 e. The van der Waals surface area contributed by atoms with E-state index in [1.807, 2.05) is 0 Å². The minimum Gasteiger partial charge on any atom is -0.348 e. The summed E-state index contributed by atoms with van der Waals surface area (Å²) in [6.45, 7) is 1.36. The molecule has 2 heterocycles. The number of carbonyl (C=O) groups is 2. The number of fused-ring (bicyclic) bond motifs is 2. The number of imide groups is 1. The van der Waals surface area contributed by atoms with Crippen molar-refractivity contribution in [3.05, 3.63) is 0 Å². The maximum atomic E-state index is 11.6. The van der Waals surface area contributed by atoms with Gasteiger partial charge >= 0.3 is 6.03 Å². The molecule has 0 bridgehead atoms. The van der Waals surface area contributed by atoms with Gasteiger partial charge in [-0.15, -0.1) is 0 Å². The second-order valence-electron chi connectivity index (χ2n) is 4.78. The lowest BCUT2D eigenvalue weighted by molar-refractivity contribution is -0.248. The molecule has 2 saturated heterocycles. The minimum absolute atomic E-state index is 0.0135. The zero-order valence-electron chi connectivity index (χ0n) is 9.72. The summed E-state index contributed by atoms with van der Waals surface area (Å²) in [5.41, 5.74) is 0. The number of hydrogen-bond donors (Lipinski definition) is 1. The van der Waals surface area contributed by atoms with Gasteiger partial charge in [-0.3, -0.25) is 4.79 Å². The third-order valence-electron chi connectivity index (χ3n) is 3.61. The molecule has 0 aromatic rings. The van der Waals surface area contributed by atoms with Crippen molar-refractivity contribution in [2.45, 2.75) is 57.3 Å². The Morgan fingerprint density at radius 2 is 1.94 bits per heavy atom. The molecule has 6 nitrogen and oxygen atoms in total. The average molecular weight is 240 g/mol. The Kier molecular flexibility index (Phi) is 2.56. The fraction of sp³-hybridized carbons (Fsp3) is 0.818. The first-order valence-corrected chi connectivity index (χ1v) is 6.08. The third-order valence-corrected chi connectivity index (χ3v) is 3.61. The maximum absolute atomic E-state index is 11.6. The van der Waals surface area contributed by atoms with Crippen LogP contribution in [0.15, 0.2) is 0 Å². The molecular formula is C11H16N2O4. The summed E-state index contributed by atoms with van der Waals surface area (Å²) < 4.78 is 11.7. The summed E-state index contributed by atoms with van der Waals surface area (Å²) >= 11 is 0. The van der Waals surface area contributed by atoms with Gasteiger partial charge in [0.2, 0.25) is 5.91 Å². The molecule has 3 amide bonds. The van der Waals surface area contributed by atoms with Crippen molar-refractivity contribution in [1.29, 1.82) is 0 Å². The largest absolute Gasteiger partial charge is 0.348 e. The van der Waals surface area contributed by atoms with Crippen LogP contribution in [-0.2, 0) is 14.3 Å². The molecule has 6 heteroatoms. The highest BCUT2D eigenvalue weighted by Gasteiger charge is 2.50. The van der Waals surface area contributed by atoms with Crippen molar-refractivity contribution in [2.75, 3.05) is 0 Å². The van der Waals surface area contributed by atoms with Crippen LogP contribution in [0, 0.1) is 0 Å². The molecule has 0 aromatic carbocycles. The van der Waals surface area contributed by atoms with Crippen LogP contribution in [0.5, 0.6) is 0 Å². The molecule has 1 N–H and O–H groups in total. The molecule has 1 aliphatic carbocycles. The molecule has 4 atom stereocenters. The Balaban J connectivity index is 1.80. The van der Waals surface area contributed by atoms with E-state index in [4.69, 9.17) is 9.47 Å². The van der Waals surface area contributed by atoms with Crippen molar-refractivity contribution in [3.63, 3.8) is 0 Å². The predicted octanol–water partition coefficient (Wildman–Crippen LogP) is 0.568.